The van der Waals surface area contributed by atoms with Crippen molar-refractivity contribution in [3.63, 3.8) is 0 Å². The highest BCUT2D eigenvalue weighted by molar-refractivity contribution is 5.82. The van der Waals surface area contributed by atoms with E-state index in [1.807, 2.05) is 66.7 Å². The van der Waals surface area contributed by atoms with Crippen molar-refractivity contribution in [3.8, 4) is 22.5 Å². The molecule has 138 valence electrons. The van der Waals surface area contributed by atoms with Gasteiger partial charge in [-0.1, -0.05) is 78.9 Å². The summed E-state index contributed by atoms with van der Waals surface area (Å²) >= 11 is 0. The van der Waals surface area contributed by atoms with Gasteiger partial charge in [-0.25, -0.2) is 0 Å². The smallest absolute Gasteiger partial charge is 0.205 e. The molecule has 4 rings (SSSR count). The zero-order valence-electron chi connectivity index (χ0n) is 15.6. The van der Waals surface area contributed by atoms with E-state index in [0.717, 1.165) is 29.4 Å². The standard InChI is InChI=1S/C23H20N4O/c1-17(15-18-7-3-2-4-8-18)27-25-23(24-26-27)22-10-6-5-9-21(22)20-13-11-19(16-28)12-14-20/h2-14,16-17H,15H2,1H3. The molecule has 0 aliphatic heterocycles. The lowest BCUT2D eigenvalue weighted by Crippen LogP contribution is -2.11. The van der Waals surface area contributed by atoms with Crippen molar-refractivity contribution in [1.82, 2.24) is 20.2 Å². The Hall–Kier alpha value is -3.60. The van der Waals surface area contributed by atoms with Crippen molar-refractivity contribution in [2.45, 2.75) is 19.4 Å². The molecule has 0 radical (unpaired) electrons. The number of carbonyl (C=O) groups is 1. The summed E-state index contributed by atoms with van der Waals surface area (Å²) in [6.45, 7) is 2.09. The maximum Gasteiger partial charge on any atom is 0.205 e. The van der Waals surface area contributed by atoms with Crippen molar-refractivity contribution in [3.05, 3.63) is 90.0 Å². The van der Waals surface area contributed by atoms with Crippen LogP contribution in [0, 0.1) is 0 Å². The lowest BCUT2D eigenvalue weighted by molar-refractivity contribution is 0.112. The van der Waals surface area contributed by atoms with Crippen molar-refractivity contribution in [1.29, 1.82) is 0 Å². The summed E-state index contributed by atoms with van der Waals surface area (Å²) in [5.74, 6) is 0.593. The van der Waals surface area contributed by atoms with E-state index in [1.165, 1.54) is 5.56 Å². The van der Waals surface area contributed by atoms with Crippen molar-refractivity contribution >= 4 is 6.29 Å². The van der Waals surface area contributed by atoms with Gasteiger partial charge in [-0.05, 0) is 35.2 Å². The van der Waals surface area contributed by atoms with Crippen LogP contribution < -0.4 is 0 Å². The van der Waals surface area contributed by atoms with Crippen molar-refractivity contribution in [2.75, 3.05) is 0 Å². The summed E-state index contributed by atoms with van der Waals surface area (Å²) in [5.41, 5.74) is 4.83. The minimum Gasteiger partial charge on any atom is -0.298 e. The minimum absolute atomic E-state index is 0.0997. The Morgan fingerprint density at radius 1 is 0.893 bits per heavy atom. The molecule has 1 unspecified atom stereocenters. The predicted molar refractivity (Wildman–Crippen MR) is 109 cm³/mol. The number of benzene rings is 3. The number of aromatic nitrogens is 4. The van der Waals surface area contributed by atoms with Crippen LogP contribution in [0.5, 0.6) is 0 Å². The fraction of sp³-hybridized carbons (Fsp3) is 0.130. The molecule has 0 spiro atoms. The number of hydrogen-bond donors (Lipinski definition) is 0. The van der Waals surface area contributed by atoms with Crippen LogP contribution in [-0.2, 0) is 6.42 Å². The molecular formula is C23H20N4O. The van der Waals surface area contributed by atoms with Crippen LogP contribution >= 0.6 is 0 Å². The van der Waals surface area contributed by atoms with Crippen LogP contribution in [0.3, 0.4) is 0 Å². The molecule has 1 atom stereocenters. The van der Waals surface area contributed by atoms with Gasteiger partial charge >= 0.3 is 0 Å². The SMILES string of the molecule is CC(Cc1ccccc1)n1nnc(-c2ccccc2-c2ccc(C=O)cc2)n1. The van der Waals surface area contributed by atoms with E-state index in [-0.39, 0.29) is 6.04 Å². The van der Waals surface area contributed by atoms with Gasteiger partial charge in [0.1, 0.15) is 6.29 Å². The number of tetrazole rings is 1. The second-order valence-corrected chi connectivity index (χ2v) is 6.76. The molecule has 1 heterocycles. The second kappa shape index (κ2) is 7.96. The van der Waals surface area contributed by atoms with Gasteiger partial charge in [0, 0.05) is 11.1 Å². The molecular weight excluding hydrogens is 348 g/mol. The molecule has 5 heteroatoms. The average molecular weight is 368 g/mol. The summed E-state index contributed by atoms with van der Waals surface area (Å²) in [4.78, 5) is 12.6. The van der Waals surface area contributed by atoms with Crippen LogP contribution in [0.4, 0.5) is 0 Å². The van der Waals surface area contributed by atoms with Gasteiger partial charge in [0.25, 0.3) is 0 Å². The predicted octanol–water partition coefficient (Wildman–Crippen LogP) is 4.62. The topological polar surface area (TPSA) is 60.7 Å². The van der Waals surface area contributed by atoms with Gasteiger partial charge in [-0.15, -0.1) is 10.2 Å². The van der Waals surface area contributed by atoms with Crippen molar-refractivity contribution < 1.29 is 4.79 Å². The number of nitrogens with zero attached hydrogens (tertiary/aromatic N) is 4. The Labute approximate surface area is 163 Å². The Morgan fingerprint density at radius 2 is 1.57 bits per heavy atom. The van der Waals surface area contributed by atoms with E-state index < -0.39 is 0 Å². The largest absolute Gasteiger partial charge is 0.298 e. The Balaban J connectivity index is 1.62. The minimum atomic E-state index is 0.0997. The lowest BCUT2D eigenvalue weighted by atomic mass is 9.98. The molecule has 0 saturated carbocycles. The van der Waals surface area contributed by atoms with E-state index >= 15 is 0 Å². The van der Waals surface area contributed by atoms with Crippen LogP contribution in [0.2, 0.25) is 0 Å². The third kappa shape index (κ3) is 3.74. The molecule has 5 nitrogen and oxygen atoms in total. The summed E-state index contributed by atoms with van der Waals surface area (Å²) in [7, 11) is 0. The highest BCUT2D eigenvalue weighted by Gasteiger charge is 2.15. The van der Waals surface area contributed by atoms with E-state index in [9.17, 15) is 4.79 Å². The van der Waals surface area contributed by atoms with E-state index in [2.05, 4.69) is 34.5 Å². The van der Waals surface area contributed by atoms with Gasteiger partial charge in [-0.3, -0.25) is 4.79 Å². The first kappa shape index (κ1) is 17.8. The maximum absolute atomic E-state index is 10.9. The van der Waals surface area contributed by atoms with Gasteiger partial charge in [0.2, 0.25) is 5.82 Å². The quantitative estimate of drug-likeness (QED) is 0.466. The molecule has 0 aliphatic carbocycles. The van der Waals surface area contributed by atoms with Gasteiger partial charge in [-0.2, -0.15) is 4.80 Å². The lowest BCUT2D eigenvalue weighted by Gasteiger charge is -2.10. The molecule has 1 aromatic heterocycles. The summed E-state index contributed by atoms with van der Waals surface area (Å²) in [6, 6.07) is 25.9. The average Bonchev–Trinajstić information content (AvgIpc) is 3.25. The fourth-order valence-corrected chi connectivity index (χ4v) is 3.23. The molecule has 0 fully saturated rings. The van der Waals surface area contributed by atoms with Gasteiger partial charge < -0.3 is 0 Å². The first-order chi connectivity index (χ1) is 13.7. The van der Waals surface area contributed by atoms with Crippen LogP contribution in [0.1, 0.15) is 28.9 Å². The number of carbonyl (C=O) groups excluding carboxylic acids is 1. The second-order valence-electron chi connectivity index (χ2n) is 6.76. The highest BCUT2D eigenvalue weighted by Crippen LogP contribution is 2.30. The first-order valence-electron chi connectivity index (χ1n) is 9.23. The van der Waals surface area contributed by atoms with Gasteiger partial charge in [0.15, 0.2) is 0 Å². The molecule has 3 aromatic carbocycles. The monoisotopic (exact) mass is 368 g/mol. The molecule has 0 saturated heterocycles. The third-order valence-corrected chi connectivity index (χ3v) is 4.72. The Kier molecular flexibility index (Phi) is 5.06. The molecule has 0 bridgehead atoms. The molecule has 0 amide bonds. The Bertz CT molecular complexity index is 1070. The maximum atomic E-state index is 10.9. The van der Waals surface area contributed by atoms with Crippen LogP contribution in [0.15, 0.2) is 78.9 Å². The van der Waals surface area contributed by atoms with Crippen LogP contribution in [-0.4, -0.2) is 26.5 Å². The fourth-order valence-electron chi connectivity index (χ4n) is 3.23. The zero-order chi connectivity index (χ0) is 19.3. The number of aldehydes is 1. The van der Waals surface area contributed by atoms with E-state index in [1.54, 1.807) is 4.80 Å². The van der Waals surface area contributed by atoms with E-state index in [0.29, 0.717) is 11.4 Å². The molecule has 28 heavy (non-hydrogen) atoms. The summed E-state index contributed by atoms with van der Waals surface area (Å²) in [5, 5.41) is 13.2. The third-order valence-electron chi connectivity index (χ3n) is 4.72. The normalized spacial score (nSPS) is 11.9. The van der Waals surface area contributed by atoms with Crippen molar-refractivity contribution in [2.24, 2.45) is 0 Å². The highest BCUT2D eigenvalue weighted by atomic mass is 16.1. The molecule has 0 N–H and O–H groups in total. The zero-order valence-corrected chi connectivity index (χ0v) is 15.6. The van der Waals surface area contributed by atoms with Gasteiger partial charge in [0.05, 0.1) is 6.04 Å². The Morgan fingerprint density at radius 3 is 2.29 bits per heavy atom. The van der Waals surface area contributed by atoms with Crippen LogP contribution in [0.25, 0.3) is 22.5 Å². The summed E-state index contributed by atoms with van der Waals surface area (Å²) < 4.78 is 0. The first-order valence-corrected chi connectivity index (χ1v) is 9.23. The number of hydrogen-bond acceptors (Lipinski definition) is 4. The molecule has 0 aliphatic rings. The van der Waals surface area contributed by atoms with E-state index in [4.69, 9.17) is 0 Å². The number of rotatable bonds is 6. The summed E-state index contributed by atoms with van der Waals surface area (Å²) in [6.07, 6.45) is 1.68. The molecule has 4 aromatic rings.